The van der Waals surface area contributed by atoms with Crippen molar-refractivity contribution in [1.29, 1.82) is 0 Å². The number of carbonyl (C=O) groups excluding carboxylic acids is 1. The zero-order valence-corrected chi connectivity index (χ0v) is 19.1. The minimum absolute atomic E-state index is 0.179. The van der Waals surface area contributed by atoms with Crippen LogP contribution in [0.2, 0.25) is 0 Å². The summed E-state index contributed by atoms with van der Waals surface area (Å²) >= 11 is 0. The highest BCUT2D eigenvalue weighted by molar-refractivity contribution is 6.07. The van der Waals surface area contributed by atoms with Gasteiger partial charge in [-0.15, -0.1) is 0 Å². The number of methoxy groups -OCH3 is 1. The number of hydrogen-bond donors (Lipinski definition) is 2. The van der Waals surface area contributed by atoms with Crippen molar-refractivity contribution < 1.29 is 14.3 Å². The van der Waals surface area contributed by atoms with E-state index in [-0.39, 0.29) is 11.7 Å². The summed E-state index contributed by atoms with van der Waals surface area (Å²) < 4.78 is 11.2. The van der Waals surface area contributed by atoms with Crippen molar-refractivity contribution in [2.75, 3.05) is 18.2 Å². The largest absolute Gasteiger partial charge is 0.457 e. The zero-order valence-electron chi connectivity index (χ0n) is 19.1. The fourth-order valence-electron chi connectivity index (χ4n) is 3.36. The highest BCUT2D eigenvalue weighted by Crippen LogP contribution is 2.28. The number of nitrogens with zero attached hydrogens (tertiary/aromatic N) is 1. The van der Waals surface area contributed by atoms with E-state index in [2.05, 4.69) is 30.2 Å². The molecule has 3 aromatic rings. The predicted octanol–water partition coefficient (Wildman–Crippen LogP) is 5.75. The quantitative estimate of drug-likeness (QED) is 0.448. The van der Waals surface area contributed by atoms with Crippen LogP contribution in [-0.2, 0) is 17.8 Å². The Balaban J connectivity index is 1.69. The Morgan fingerprint density at radius 3 is 2.56 bits per heavy atom. The van der Waals surface area contributed by atoms with Gasteiger partial charge in [0.2, 0.25) is 0 Å². The number of pyridine rings is 1. The molecule has 0 saturated carbocycles. The molecule has 0 radical (unpaired) electrons. The van der Waals surface area contributed by atoms with E-state index in [0.717, 1.165) is 29.8 Å². The van der Waals surface area contributed by atoms with Crippen molar-refractivity contribution in [3.63, 3.8) is 0 Å². The lowest BCUT2D eigenvalue weighted by Gasteiger charge is -2.14. The van der Waals surface area contributed by atoms with Crippen LogP contribution >= 0.6 is 0 Å². The average molecular weight is 434 g/mol. The Kier molecular flexibility index (Phi) is 7.84. The van der Waals surface area contributed by atoms with Crippen LogP contribution in [0.15, 0.2) is 54.6 Å². The highest BCUT2D eigenvalue weighted by Gasteiger charge is 2.15. The van der Waals surface area contributed by atoms with E-state index in [1.54, 1.807) is 25.3 Å². The molecule has 1 unspecified atom stereocenters. The van der Waals surface area contributed by atoms with Gasteiger partial charge in [-0.25, -0.2) is 4.98 Å². The second kappa shape index (κ2) is 10.8. The van der Waals surface area contributed by atoms with Crippen molar-refractivity contribution in [2.45, 2.75) is 40.2 Å². The summed E-state index contributed by atoms with van der Waals surface area (Å²) in [6.45, 7) is 6.66. The maximum atomic E-state index is 12.7. The van der Waals surface area contributed by atoms with Gasteiger partial charge in [0.1, 0.15) is 17.3 Å². The second-order valence-electron chi connectivity index (χ2n) is 8.02. The summed E-state index contributed by atoms with van der Waals surface area (Å²) in [7, 11) is 1.59. The van der Waals surface area contributed by atoms with Crippen LogP contribution in [-0.4, -0.2) is 18.0 Å². The van der Waals surface area contributed by atoms with E-state index in [4.69, 9.17) is 15.2 Å². The third-order valence-electron chi connectivity index (χ3n) is 5.45. The molecular weight excluding hydrogens is 402 g/mol. The molecule has 6 heteroatoms. The normalized spacial score (nSPS) is 11.8. The van der Waals surface area contributed by atoms with Gasteiger partial charge >= 0.3 is 0 Å². The summed E-state index contributed by atoms with van der Waals surface area (Å²) in [4.78, 5) is 17.0. The van der Waals surface area contributed by atoms with E-state index in [0.29, 0.717) is 29.5 Å². The van der Waals surface area contributed by atoms with Gasteiger partial charge in [-0.2, -0.15) is 0 Å². The fourth-order valence-corrected chi connectivity index (χ4v) is 3.36. The summed E-state index contributed by atoms with van der Waals surface area (Å²) in [6.07, 6.45) is 2.09. The van der Waals surface area contributed by atoms with Crippen molar-refractivity contribution in [3.8, 4) is 11.5 Å². The molecule has 2 aromatic carbocycles. The molecule has 0 bridgehead atoms. The van der Waals surface area contributed by atoms with E-state index >= 15 is 0 Å². The lowest BCUT2D eigenvalue weighted by Crippen LogP contribution is -2.16. The van der Waals surface area contributed by atoms with Gasteiger partial charge in [0.15, 0.2) is 0 Å². The molecule has 6 nitrogen and oxygen atoms in total. The number of para-hydroxylation sites is 1. The Labute approximate surface area is 189 Å². The number of aryl methyl sites for hydroxylation is 1. The number of aromatic nitrogens is 1. The van der Waals surface area contributed by atoms with Gasteiger partial charge in [0.05, 0.1) is 17.9 Å². The second-order valence-corrected chi connectivity index (χ2v) is 8.02. The van der Waals surface area contributed by atoms with Crippen LogP contribution in [0, 0.1) is 12.8 Å². The third kappa shape index (κ3) is 5.86. The Bertz CT molecular complexity index is 1060. The van der Waals surface area contributed by atoms with Gasteiger partial charge in [0, 0.05) is 12.8 Å². The number of amides is 1. The van der Waals surface area contributed by atoms with Crippen molar-refractivity contribution in [3.05, 3.63) is 77.0 Å². The van der Waals surface area contributed by atoms with Crippen LogP contribution in [0.4, 0.5) is 11.5 Å². The molecule has 0 aliphatic rings. The van der Waals surface area contributed by atoms with Crippen LogP contribution in [0.3, 0.4) is 0 Å². The highest BCUT2D eigenvalue weighted by atomic mass is 16.5. The molecule has 0 saturated heterocycles. The van der Waals surface area contributed by atoms with Crippen LogP contribution in [0.5, 0.6) is 11.5 Å². The standard InChI is InChI=1S/C26H31N3O3/c1-5-17(2)14-19-8-6-7-9-24(19)32-21-12-10-20(11-13-21)28-26(30)22-15-18(3)23(16-31-4)29-25(22)27/h6-13,15,17H,5,14,16H2,1-4H3,(H2,27,29)(H,28,30). The van der Waals surface area contributed by atoms with E-state index in [1.165, 1.54) is 5.56 Å². The Morgan fingerprint density at radius 2 is 1.88 bits per heavy atom. The molecule has 168 valence electrons. The van der Waals surface area contributed by atoms with E-state index in [1.807, 2.05) is 37.3 Å². The first kappa shape index (κ1) is 23.3. The lowest BCUT2D eigenvalue weighted by molar-refractivity contribution is 0.102. The van der Waals surface area contributed by atoms with E-state index < -0.39 is 0 Å². The van der Waals surface area contributed by atoms with Gasteiger partial charge in [-0.1, -0.05) is 38.5 Å². The lowest BCUT2D eigenvalue weighted by atomic mass is 9.98. The molecule has 1 atom stereocenters. The Hall–Kier alpha value is -3.38. The first-order chi connectivity index (χ1) is 15.4. The molecule has 0 aliphatic heterocycles. The molecular formula is C26H31N3O3. The minimum atomic E-state index is -0.311. The minimum Gasteiger partial charge on any atom is -0.457 e. The summed E-state index contributed by atoms with van der Waals surface area (Å²) in [5, 5.41) is 2.87. The Morgan fingerprint density at radius 1 is 1.16 bits per heavy atom. The first-order valence-corrected chi connectivity index (χ1v) is 10.8. The number of nitrogens with two attached hydrogens (primary N) is 1. The average Bonchev–Trinajstić information content (AvgIpc) is 2.78. The van der Waals surface area contributed by atoms with Crippen LogP contribution in [0.25, 0.3) is 0 Å². The number of nitrogens with one attached hydrogen (secondary N) is 1. The topological polar surface area (TPSA) is 86.5 Å². The monoisotopic (exact) mass is 433 g/mol. The number of anilines is 2. The number of rotatable bonds is 9. The third-order valence-corrected chi connectivity index (χ3v) is 5.45. The summed E-state index contributed by atoms with van der Waals surface area (Å²) in [5.74, 6) is 2.02. The smallest absolute Gasteiger partial charge is 0.259 e. The molecule has 3 N–H and O–H groups in total. The van der Waals surface area contributed by atoms with Crippen LogP contribution < -0.4 is 15.8 Å². The van der Waals surface area contributed by atoms with Gasteiger partial charge < -0.3 is 20.5 Å². The maximum absolute atomic E-state index is 12.7. The summed E-state index contributed by atoms with van der Waals surface area (Å²) in [6, 6.07) is 17.1. The number of benzene rings is 2. The summed E-state index contributed by atoms with van der Waals surface area (Å²) in [5.41, 5.74) is 9.74. The molecule has 0 aliphatic carbocycles. The molecule has 1 heterocycles. The molecule has 0 spiro atoms. The van der Waals surface area contributed by atoms with E-state index in [9.17, 15) is 4.79 Å². The van der Waals surface area contributed by atoms with Gasteiger partial charge in [0.25, 0.3) is 5.91 Å². The number of nitrogen functional groups attached to an aromatic ring is 1. The van der Waals surface area contributed by atoms with Gasteiger partial charge in [-0.3, -0.25) is 4.79 Å². The van der Waals surface area contributed by atoms with Crippen molar-refractivity contribution in [1.82, 2.24) is 4.98 Å². The number of hydrogen-bond acceptors (Lipinski definition) is 5. The molecule has 32 heavy (non-hydrogen) atoms. The zero-order chi connectivity index (χ0) is 23.1. The molecule has 1 aromatic heterocycles. The van der Waals surface area contributed by atoms with Crippen molar-refractivity contribution in [2.24, 2.45) is 5.92 Å². The molecule has 0 fully saturated rings. The molecule has 3 rings (SSSR count). The van der Waals surface area contributed by atoms with Gasteiger partial charge in [-0.05, 0) is 66.8 Å². The fraction of sp³-hybridized carbons (Fsp3) is 0.308. The SMILES string of the molecule is CCC(C)Cc1ccccc1Oc1ccc(NC(=O)c2cc(C)c(COC)nc2N)cc1. The number of carbonyl (C=O) groups is 1. The number of ether oxygens (including phenoxy) is 2. The maximum Gasteiger partial charge on any atom is 0.259 e. The first-order valence-electron chi connectivity index (χ1n) is 10.8. The van der Waals surface area contributed by atoms with Crippen molar-refractivity contribution >= 4 is 17.4 Å². The van der Waals surface area contributed by atoms with Crippen LogP contribution in [0.1, 0.15) is 47.4 Å². The predicted molar refractivity (Wildman–Crippen MR) is 128 cm³/mol. The molecule has 1 amide bonds.